The molecule has 1 N–H and O–H groups in total. The van der Waals surface area contributed by atoms with Gasteiger partial charge in [-0.15, -0.1) is 0 Å². The molecule has 1 aliphatic heterocycles. The third kappa shape index (κ3) is 4.34. The second-order valence-electron chi connectivity index (χ2n) is 9.58. The fraction of sp³-hybridized carbons (Fsp3) is 0.400. The number of aryl methyl sites for hydroxylation is 1. The third-order valence-corrected chi connectivity index (χ3v) is 5.84. The van der Waals surface area contributed by atoms with Gasteiger partial charge in [-0.1, -0.05) is 6.07 Å². The molecular formula is C25H28F2N4O3. The van der Waals surface area contributed by atoms with Crippen molar-refractivity contribution in [2.75, 3.05) is 24.5 Å². The number of carbonyl (C=O) groups excluding carboxylic acids is 1. The van der Waals surface area contributed by atoms with E-state index < -0.39 is 17.2 Å². The molecule has 1 saturated heterocycles. The first-order valence-electron chi connectivity index (χ1n) is 11.1. The van der Waals surface area contributed by atoms with Gasteiger partial charge in [-0.2, -0.15) is 0 Å². The number of hydrogen-bond acceptors (Lipinski definition) is 6. The fourth-order valence-corrected chi connectivity index (χ4v) is 4.34. The largest absolute Gasteiger partial charge is 0.507 e. The zero-order valence-electron chi connectivity index (χ0n) is 19.9. The van der Waals surface area contributed by atoms with Crippen molar-refractivity contribution in [2.24, 2.45) is 0 Å². The van der Waals surface area contributed by atoms with E-state index in [9.17, 15) is 14.3 Å². The van der Waals surface area contributed by atoms with Crippen molar-refractivity contribution in [1.82, 2.24) is 14.9 Å². The first-order valence-corrected chi connectivity index (χ1v) is 11.1. The van der Waals surface area contributed by atoms with E-state index >= 15 is 4.39 Å². The maximum absolute atomic E-state index is 15.7. The Bertz CT molecular complexity index is 1240. The van der Waals surface area contributed by atoms with Crippen molar-refractivity contribution >= 4 is 22.8 Å². The molecule has 34 heavy (non-hydrogen) atoms. The zero-order valence-corrected chi connectivity index (χ0v) is 19.9. The number of piperazine rings is 1. The summed E-state index contributed by atoms with van der Waals surface area (Å²) < 4.78 is 35.7. The van der Waals surface area contributed by atoms with Gasteiger partial charge in [0.2, 0.25) is 0 Å². The molecule has 4 rings (SSSR count). The summed E-state index contributed by atoms with van der Waals surface area (Å²) in [5, 5.41) is 10.7. The van der Waals surface area contributed by atoms with E-state index in [1.54, 1.807) is 17.9 Å². The molecule has 180 valence electrons. The van der Waals surface area contributed by atoms with E-state index in [2.05, 4.69) is 9.97 Å². The van der Waals surface area contributed by atoms with Crippen molar-refractivity contribution in [3.63, 3.8) is 0 Å². The predicted molar refractivity (Wildman–Crippen MR) is 126 cm³/mol. The van der Waals surface area contributed by atoms with Crippen LogP contribution in [-0.4, -0.2) is 57.3 Å². The summed E-state index contributed by atoms with van der Waals surface area (Å²) in [4.78, 5) is 24.7. The molecule has 0 aliphatic carbocycles. The number of nitrogens with zero attached hydrogens (tertiary/aromatic N) is 4. The Morgan fingerprint density at radius 2 is 1.91 bits per heavy atom. The van der Waals surface area contributed by atoms with Gasteiger partial charge in [-0.25, -0.2) is 23.5 Å². The molecule has 1 aromatic heterocycles. The number of fused-ring (bicyclic) bond motifs is 1. The number of rotatable bonds is 2. The SMILES string of the molecule is Cc1cc2c(N3CCN(C(=O)OC(C)(C)C)C(C)C3)ncnc2c(F)c1-c1c(O)cccc1F. The number of ether oxygens (including phenoxy) is 1. The fourth-order valence-electron chi connectivity index (χ4n) is 4.34. The van der Waals surface area contributed by atoms with Gasteiger partial charge in [0.25, 0.3) is 0 Å². The number of halogens is 2. The van der Waals surface area contributed by atoms with Crippen LogP contribution in [0.25, 0.3) is 22.0 Å². The highest BCUT2D eigenvalue weighted by Crippen LogP contribution is 2.39. The third-order valence-electron chi connectivity index (χ3n) is 5.84. The van der Waals surface area contributed by atoms with Crippen LogP contribution < -0.4 is 4.90 Å². The van der Waals surface area contributed by atoms with Gasteiger partial charge in [0, 0.05) is 36.6 Å². The minimum absolute atomic E-state index is 0.0316. The van der Waals surface area contributed by atoms with Gasteiger partial charge in [-0.05, 0) is 58.4 Å². The summed E-state index contributed by atoms with van der Waals surface area (Å²) in [5.41, 5.74) is -0.330. The molecule has 0 spiro atoms. The molecule has 1 fully saturated rings. The van der Waals surface area contributed by atoms with Crippen LogP contribution in [0, 0.1) is 18.6 Å². The molecule has 1 atom stereocenters. The number of hydrogen-bond donors (Lipinski definition) is 1. The molecule has 0 bridgehead atoms. The Morgan fingerprint density at radius 3 is 2.56 bits per heavy atom. The Labute approximate surface area is 197 Å². The maximum atomic E-state index is 15.7. The van der Waals surface area contributed by atoms with Crippen LogP contribution in [0.1, 0.15) is 33.3 Å². The lowest BCUT2D eigenvalue weighted by Crippen LogP contribution is -2.55. The zero-order chi connectivity index (χ0) is 24.8. The lowest BCUT2D eigenvalue weighted by atomic mass is 9.96. The highest BCUT2D eigenvalue weighted by molar-refractivity contribution is 5.95. The van der Waals surface area contributed by atoms with Crippen LogP contribution in [0.4, 0.5) is 19.4 Å². The van der Waals surface area contributed by atoms with Crippen LogP contribution >= 0.6 is 0 Å². The van der Waals surface area contributed by atoms with Crippen molar-refractivity contribution < 1.29 is 23.4 Å². The molecule has 0 radical (unpaired) electrons. The number of phenolic OH excluding ortho intramolecular Hbond substituents is 1. The lowest BCUT2D eigenvalue weighted by molar-refractivity contribution is 0.0159. The quantitative estimate of drug-likeness (QED) is 0.566. The van der Waals surface area contributed by atoms with Crippen molar-refractivity contribution in [3.05, 3.63) is 47.8 Å². The number of carbonyl (C=O) groups is 1. The van der Waals surface area contributed by atoms with E-state index in [1.165, 1.54) is 24.5 Å². The van der Waals surface area contributed by atoms with Crippen molar-refractivity contribution in [3.8, 4) is 16.9 Å². The molecule has 1 unspecified atom stereocenters. The van der Waals surface area contributed by atoms with Gasteiger partial charge in [0.15, 0.2) is 5.82 Å². The maximum Gasteiger partial charge on any atom is 0.410 e. The molecule has 1 amide bonds. The number of amides is 1. The number of anilines is 1. The Balaban J connectivity index is 1.70. The summed E-state index contributed by atoms with van der Waals surface area (Å²) in [6, 6.07) is 5.41. The van der Waals surface area contributed by atoms with Gasteiger partial charge >= 0.3 is 6.09 Å². The number of aromatic nitrogens is 2. The van der Waals surface area contributed by atoms with E-state index in [0.717, 1.165) is 0 Å². The van der Waals surface area contributed by atoms with Crippen LogP contribution in [0.2, 0.25) is 0 Å². The molecule has 2 aromatic carbocycles. The topological polar surface area (TPSA) is 78.8 Å². The lowest BCUT2D eigenvalue weighted by Gasteiger charge is -2.40. The van der Waals surface area contributed by atoms with E-state index in [-0.39, 0.29) is 34.5 Å². The van der Waals surface area contributed by atoms with E-state index in [4.69, 9.17) is 4.74 Å². The molecule has 7 nitrogen and oxygen atoms in total. The summed E-state index contributed by atoms with van der Waals surface area (Å²) in [7, 11) is 0. The molecular weight excluding hydrogens is 442 g/mol. The van der Waals surface area contributed by atoms with Crippen LogP contribution in [0.5, 0.6) is 5.75 Å². The molecule has 1 aliphatic rings. The molecule has 0 saturated carbocycles. The summed E-state index contributed by atoms with van der Waals surface area (Å²) in [5.74, 6) is -1.25. The normalized spacial score (nSPS) is 16.7. The standard InChI is InChI=1S/C25H28F2N4O3/c1-14-11-16-22(21(27)19(14)20-17(26)7-6-8-18(20)32)28-13-29-23(16)30-9-10-31(15(2)12-30)24(33)34-25(3,4)5/h6-8,11,13,15,32H,9-10,12H2,1-5H3. The Kier molecular flexibility index (Phi) is 6.05. The van der Waals surface area contributed by atoms with Crippen LogP contribution in [0.3, 0.4) is 0 Å². The highest BCUT2D eigenvalue weighted by atomic mass is 19.1. The molecule has 9 heteroatoms. The number of aromatic hydroxyl groups is 1. The van der Waals surface area contributed by atoms with Gasteiger partial charge < -0.3 is 19.6 Å². The highest BCUT2D eigenvalue weighted by Gasteiger charge is 2.32. The smallest absolute Gasteiger partial charge is 0.410 e. The summed E-state index contributed by atoms with van der Waals surface area (Å²) in [6.45, 7) is 10.4. The number of phenols is 1. The molecule has 2 heterocycles. The van der Waals surface area contributed by atoms with Crippen molar-refractivity contribution in [1.29, 1.82) is 0 Å². The van der Waals surface area contributed by atoms with Crippen LogP contribution in [-0.2, 0) is 4.74 Å². The first-order chi connectivity index (χ1) is 16.0. The average Bonchev–Trinajstić information content (AvgIpc) is 2.74. The predicted octanol–water partition coefficient (Wildman–Crippen LogP) is 5.03. The second kappa shape index (κ2) is 8.70. The Hall–Kier alpha value is -3.49. The number of benzene rings is 2. The van der Waals surface area contributed by atoms with E-state index in [0.29, 0.717) is 36.4 Å². The van der Waals surface area contributed by atoms with Gasteiger partial charge in [0.1, 0.15) is 34.8 Å². The Morgan fingerprint density at radius 1 is 1.18 bits per heavy atom. The van der Waals surface area contributed by atoms with Crippen LogP contribution in [0.15, 0.2) is 30.6 Å². The monoisotopic (exact) mass is 470 g/mol. The second-order valence-corrected chi connectivity index (χ2v) is 9.58. The first kappa shape index (κ1) is 23.7. The van der Waals surface area contributed by atoms with Crippen molar-refractivity contribution in [2.45, 2.75) is 46.3 Å². The van der Waals surface area contributed by atoms with Gasteiger partial charge in [0.05, 0.1) is 5.56 Å². The summed E-state index contributed by atoms with van der Waals surface area (Å²) >= 11 is 0. The minimum Gasteiger partial charge on any atom is -0.507 e. The summed E-state index contributed by atoms with van der Waals surface area (Å²) in [6.07, 6.45) is 0.898. The minimum atomic E-state index is -0.723. The van der Waals surface area contributed by atoms with E-state index in [1.807, 2.05) is 32.6 Å². The average molecular weight is 471 g/mol. The molecule has 3 aromatic rings. The van der Waals surface area contributed by atoms with Gasteiger partial charge in [-0.3, -0.25) is 0 Å².